The van der Waals surface area contributed by atoms with E-state index in [0.717, 1.165) is 11.3 Å². The third-order valence-corrected chi connectivity index (χ3v) is 2.85. The number of nitrogens with zero attached hydrogens (tertiary/aromatic N) is 2. The molecule has 2 aromatic rings. The highest BCUT2D eigenvalue weighted by Gasteiger charge is 2.14. The van der Waals surface area contributed by atoms with Crippen molar-refractivity contribution < 1.29 is 9.53 Å². The van der Waals surface area contributed by atoms with Gasteiger partial charge in [0.05, 0.1) is 11.4 Å². The van der Waals surface area contributed by atoms with Gasteiger partial charge in [0.2, 0.25) is 0 Å². The zero-order valence-corrected chi connectivity index (χ0v) is 12.0. The van der Waals surface area contributed by atoms with Crippen molar-refractivity contribution in [2.45, 2.75) is 26.4 Å². The second-order valence-electron chi connectivity index (χ2n) is 4.94. The molecule has 0 aliphatic rings. The van der Waals surface area contributed by atoms with Crippen molar-refractivity contribution in [1.82, 2.24) is 9.78 Å². The average Bonchev–Trinajstić information content (AvgIpc) is 2.79. The number of aromatic nitrogens is 2. The number of carbonyl (C=O) groups excluding carboxylic acids is 1. The Morgan fingerprint density at radius 1 is 1.35 bits per heavy atom. The van der Waals surface area contributed by atoms with Crippen LogP contribution in [0.2, 0.25) is 0 Å². The number of carbonyl (C=O) groups is 1. The first kappa shape index (κ1) is 14.1. The summed E-state index contributed by atoms with van der Waals surface area (Å²) in [6.07, 6.45) is 1.31. The fourth-order valence-electron chi connectivity index (χ4n) is 1.90. The molecule has 5 nitrogen and oxygen atoms in total. The van der Waals surface area contributed by atoms with E-state index < -0.39 is 6.09 Å². The van der Waals surface area contributed by atoms with Crippen molar-refractivity contribution in [3.05, 3.63) is 47.8 Å². The lowest BCUT2D eigenvalue weighted by molar-refractivity contribution is 0.155. The summed E-state index contributed by atoms with van der Waals surface area (Å²) in [5.74, 6) is 0.237. The summed E-state index contributed by atoms with van der Waals surface area (Å²) in [7, 11) is 1.83. The summed E-state index contributed by atoms with van der Waals surface area (Å²) in [5, 5.41) is 7.07. The van der Waals surface area contributed by atoms with E-state index in [0.29, 0.717) is 5.69 Å². The predicted molar refractivity (Wildman–Crippen MR) is 77.5 cm³/mol. The number of anilines is 1. The highest BCUT2D eigenvalue weighted by Crippen LogP contribution is 2.22. The standard InChI is InChI=1S/C15H19N3O2/c1-11(2)14-13(9-18(3)17-14)16-15(19)20-10-12-7-5-4-6-8-12/h4-9,11H,10H2,1-3H3,(H,16,19). The minimum Gasteiger partial charge on any atom is -0.444 e. The summed E-state index contributed by atoms with van der Waals surface area (Å²) >= 11 is 0. The van der Waals surface area contributed by atoms with Crippen LogP contribution in [0.4, 0.5) is 10.5 Å². The number of benzene rings is 1. The Labute approximate surface area is 118 Å². The monoisotopic (exact) mass is 273 g/mol. The molecule has 1 heterocycles. The molecule has 20 heavy (non-hydrogen) atoms. The number of nitrogens with one attached hydrogen (secondary N) is 1. The van der Waals surface area contributed by atoms with Crippen LogP contribution < -0.4 is 5.32 Å². The molecule has 1 N–H and O–H groups in total. The molecule has 0 aliphatic carbocycles. The molecule has 0 aliphatic heterocycles. The highest BCUT2D eigenvalue weighted by atomic mass is 16.5. The van der Waals surface area contributed by atoms with Crippen LogP contribution in [0.1, 0.15) is 31.0 Å². The zero-order valence-electron chi connectivity index (χ0n) is 12.0. The highest BCUT2D eigenvalue weighted by molar-refractivity contribution is 5.85. The topological polar surface area (TPSA) is 56.2 Å². The van der Waals surface area contributed by atoms with E-state index in [1.165, 1.54) is 0 Å². The molecule has 1 aromatic carbocycles. The van der Waals surface area contributed by atoms with E-state index in [-0.39, 0.29) is 12.5 Å². The van der Waals surface area contributed by atoms with Crippen molar-refractivity contribution in [2.75, 3.05) is 5.32 Å². The van der Waals surface area contributed by atoms with Gasteiger partial charge in [-0.1, -0.05) is 44.2 Å². The molecule has 0 saturated carbocycles. The molecular formula is C15H19N3O2. The first-order chi connectivity index (χ1) is 9.56. The summed E-state index contributed by atoms with van der Waals surface area (Å²) in [5.41, 5.74) is 2.50. The number of amides is 1. The molecule has 0 radical (unpaired) electrons. The van der Waals surface area contributed by atoms with Crippen LogP contribution in [-0.4, -0.2) is 15.9 Å². The summed E-state index contributed by atoms with van der Waals surface area (Å²) in [4.78, 5) is 11.8. The largest absolute Gasteiger partial charge is 0.444 e. The Balaban J connectivity index is 1.95. The molecule has 106 valence electrons. The summed E-state index contributed by atoms with van der Waals surface area (Å²) < 4.78 is 6.87. The fourth-order valence-corrected chi connectivity index (χ4v) is 1.90. The first-order valence-corrected chi connectivity index (χ1v) is 6.57. The second-order valence-corrected chi connectivity index (χ2v) is 4.94. The molecule has 1 aromatic heterocycles. The Morgan fingerprint density at radius 2 is 2.05 bits per heavy atom. The van der Waals surface area contributed by atoms with Crippen molar-refractivity contribution in [3.63, 3.8) is 0 Å². The SMILES string of the molecule is CC(C)c1nn(C)cc1NC(=O)OCc1ccccc1. The van der Waals surface area contributed by atoms with Gasteiger partial charge in [0.25, 0.3) is 0 Å². The van der Waals surface area contributed by atoms with Crippen LogP contribution >= 0.6 is 0 Å². The predicted octanol–water partition coefficient (Wildman–Crippen LogP) is 3.29. The van der Waals surface area contributed by atoms with Crippen molar-refractivity contribution in [2.24, 2.45) is 7.05 Å². The van der Waals surface area contributed by atoms with Gasteiger partial charge in [0.1, 0.15) is 6.61 Å². The van der Waals surface area contributed by atoms with Gasteiger partial charge in [0.15, 0.2) is 0 Å². The fraction of sp³-hybridized carbons (Fsp3) is 0.333. The number of aryl methyl sites for hydroxylation is 1. The van der Waals surface area contributed by atoms with Gasteiger partial charge in [-0.05, 0) is 11.5 Å². The number of hydrogen-bond donors (Lipinski definition) is 1. The molecule has 0 spiro atoms. The molecule has 0 bridgehead atoms. The van der Waals surface area contributed by atoms with Gasteiger partial charge in [-0.3, -0.25) is 10.00 Å². The Morgan fingerprint density at radius 3 is 2.70 bits per heavy atom. The molecule has 0 saturated heterocycles. The molecule has 0 fully saturated rings. The van der Waals surface area contributed by atoms with Crippen molar-refractivity contribution in [1.29, 1.82) is 0 Å². The van der Waals surface area contributed by atoms with E-state index in [1.807, 2.05) is 51.2 Å². The minimum absolute atomic E-state index is 0.237. The maximum atomic E-state index is 11.8. The van der Waals surface area contributed by atoms with Gasteiger partial charge in [-0.2, -0.15) is 5.10 Å². The van der Waals surface area contributed by atoms with Crippen LogP contribution in [0.3, 0.4) is 0 Å². The molecule has 0 unspecified atom stereocenters. The minimum atomic E-state index is -0.469. The third kappa shape index (κ3) is 3.60. The number of hydrogen-bond acceptors (Lipinski definition) is 3. The lowest BCUT2D eigenvalue weighted by Crippen LogP contribution is -2.14. The van der Waals surface area contributed by atoms with Crippen LogP contribution in [0.25, 0.3) is 0 Å². The molecule has 5 heteroatoms. The molecule has 0 atom stereocenters. The van der Waals surface area contributed by atoms with E-state index in [9.17, 15) is 4.79 Å². The van der Waals surface area contributed by atoms with Gasteiger partial charge in [0, 0.05) is 13.2 Å². The maximum absolute atomic E-state index is 11.8. The van der Waals surface area contributed by atoms with E-state index >= 15 is 0 Å². The lowest BCUT2D eigenvalue weighted by Gasteiger charge is -2.08. The molecule has 2 rings (SSSR count). The van der Waals surface area contributed by atoms with Crippen LogP contribution in [0.5, 0.6) is 0 Å². The second kappa shape index (κ2) is 6.23. The Kier molecular flexibility index (Phi) is 4.40. The smallest absolute Gasteiger partial charge is 0.412 e. The molecule has 1 amide bonds. The summed E-state index contributed by atoms with van der Waals surface area (Å²) in [6, 6.07) is 9.57. The third-order valence-electron chi connectivity index (χ3n) is 2.85. The van der Waals surface area contributed by atoms with Gasteiger partial charge >= 0.3 is 6.09 Å². The Bertz CT molecular complexity index is 576. The van der Waals surface area contributed by atoms with E-state index in [1.54, 1.807) is 10.9 Å². The summed E-state index contributed by atoms with van der Waals surface area (Å²) in [6.45, 7) is 4.32. The van der Waals surface area contributed by atoms with Crippen LogP contribution in [0, 0.1) is 0 Å². The lowest BCUT2D eigenvalue weighted by atomic mass is 10.1. The van der Waals surface area contributed by atoms with E-state index in [2.05, 4.69) is 10.4 Å². The number of ether oxygens (including phenoxy) is 1. The molecular weight excluding hydrogens is 254 g/mol. The van der Waals surface area contributed by atoms with Gasteiger partial charge < -0.3 is 4.74 Å². The van der Waals surface area contributed by atoms with Gasteiger partial charge in [-0.25, -0.2) is 4.79 Å². The van der Waals surface area contributed by atoms with Crippen LogP contribution in [-0.2, 0) is 18.4 Å². The van der Waals surface area contributed by atoms with E-state index in [4.69, 9.17) is 4.74 Å². The maximum Gasteiger partial charge on any atom is 0.412 e. The normalized spacial score (nSPS) is 10.6. The zero-order chi connectivity index (χ0) is 14.5. The quantitative estimate of drug-likeness (QED) is 0.930. The van der Waals surface area contributed by atoms with Crippen LogP contribution in [0.15, 0.2) is 36.5 Å². The first-order valence-electron chi connectivity index (χ1n) is 6.57. The Hall–Kier alpha value is -2.30. The van der Waals surface area contributed by atoms with Crippen molar-refractivity contribution >= 4 is 11.8 Å². The van der Waals surface area contributed by atoms with Gasteiger partial charge in [-0.15, -0.1) is 0 Å². The number of rotatable bonds is 4. The average molecular weight is 273 g/mol. The van der Waals surface area contributed by atoms with Crippen molar-refractivity contribution in [3.8, 4) is 0 Å².